The fraction of sp³-hybridized carbons (Fsp3) is 0.150. The lowest BCUT2D eigenvalue weighted by Gasteiger charge is -2.22. The number of rotatable bonds is 7. The van der Waals surface area contributed by atoms with Crippen LogP contribution in [0.3, 0.4) is 0 Å². The zero-order chi connectivity index (χ0) is 21.7. The number of carbonyl (C=O) groups is 1. The second-order valence-electron chi connectivity index (χ2n) is 6.43. The zero-order valence-electron chi connectivity index (χ0n) is 15.8. The first-order chi connectivity index (χ1) is 14.2. The molecule has 1 aromatic heterocycles. The van der Waals surface area contributed by atoms with Gasteiger partial charge in [0, 0.05) is 12.2 Å². The van der Waals surface area contributed by atoms with Crippen LogP contribution in [0, 0.1) is 0 Å². The monoisotopic (exact) mass is 468 g/mol. The topological polar surface area (TPSA) is 88.9 Å². The molecule has 30 heavy (non-hydrogen) atoms. The largest absolute Gasteiger partial charge is 0.467 e. The third-order valence-electron chi connectivity index (χ3n) is 3.93. The molecule has 3 rings (SSSR count). The van der Waals surface area contributed by atoms with Crippen LogP contribution in [-0.4, -0.2) is 25.6 Å². The molecule has 0 radical (unpaired) electrons. The number of nitrogens with one attached hydrogen (secondary N) is 1. The lowest BCUT2D eigenvalue weighted by molar-refractivity contribution is 0.201. The third kappa shape index (κ3) is 6.41. The summed E-state index contributed by atoms with van der Waals surface area (Å²) in [5.74, 6) is 0.801. The quantitative estimate of drug-likeness (QED) is 0.483. The molecule has 0 aliphatic rings. The van der Waals surface area contributed by atoms with Crippen LogP contribution in [-0.2, 0) is 23.2 Å². The van der Waals surface area contributed by atoms with Gasteiger partial charge in [-0.3, -0.25) is 0 Å². The van der Waals surface area contributed by atoms with Gasteiger partial charge in [-0.15, -0.1) is 0 Å². The van der Waals surface area contributed by atoms with Crippen LogP contribution in [0.5, 0.6) is 5.75 Å². The predicted molar refractivity (Wildman–Crippen MR) is 115 cm³/mol. The molecule has 0 spiro atoms. The van der Waals surface area contributed by atoms with Gasteiger partial charge < -0.3 is 18.8 Å². The van der Waals surface area contributed by atoms with Crippen LogP contribution >= 0.6 is 23.2 Å². The van der Waals surface area contributed by atoms with Gasteiger partial charge >= 0.3 is 16.1 Å². The Morgan fingerprint density at radius 2 is 1.80 bits per heavy atom. The molecule has 1 N–H and O–H groups in total. The van der Waals surface area contributed by atoms with E-state index in [2.05, 4.69) is 5.32 Å². The first-order valence-corrected chi connectivity index (χ1v) is 11.3. The summed E-state index contributed by atoms with van der Waals surface area (Å²) in [5, 5.41) is 3.50. The first-order valence-electron chi connectivity index (χ1n) is 8.71. The van der Waals surface area contributed by atoms with Crippen molar-refractivity contribution in [1.29, 1.82) is 0 Å². The highest BCUT2D eigenvalue weighted by Crippen LogP contribution is 2.25. The summed E-state index contributed by atoms with van der Waals surface area (Å²) in [4.78, 5) is 14.4. The van der Waals surface area contributed by atoms with E-state index in [0.717, 1.165) is 11.8 Å². The van der Waals surface area contributed by atoms with Crippen LogP contribution < -0.4 is 9.50 Å². The highest BCUT2D eigenvalue weighted by Gasteiger charge is 2.17. The van der Waals surface area contributed by atoms with Gasteiger partial charge in [0.05, 0.1) is 29.1 Å². The standard InChI is InChI=1S/C20H18Cl2N2O5S/c1-30(26,27)29-16-7-4-14(5-8-16)12-24(13-17-3-2-10-28-17)20(25)23-15-6-9-18(21)19(22)11-15/h2-11H,12-13H2,1H3,(H,23,25). The molecular formula is C20H18Cl2N2O5S. The average molecular weight is 469 g/mol. The number of hydrogen-bond donors (Lipinski definition) is 1. The highest BCUT2D eigenvalue weighted by molar-refractivity contribution is 7.86. The fourth-order valence-electron chi connectivity index (χ4n) is 2.61. The van der Waals surface area contributed by atoms with Crippen molar-refractivity contribution in [1.82, 2.24) is 4.90 Å². The minimum atomic E-state index is -3.61. The van der Waals surface area contributed by atoms with Crippen molar-refractivity contribution in [2.75, 3.05) is 11.6 Å². The van der Waals surface area contributed by atoms with E-state index in [1.807, 2.05) is 0 Å². The second kappa shape index (κ2) is 9.42. The highest BCUT2D eigenvalue weighted by atomic mass is 35.5. The molecule has 3 aromatic rings. The Kier molecular flexibility index (Phi) is 6.91. The molecule has 0 saturated carbocycles. The van der Waals surface area contributed by atoms with Crippen molar-refractivity contribution in [3.05, 3.63) is 82.2 Å². The molecule has 0 aliphatic heterocycles. The maximum absolute atomic E-state index is 12.9. The molecule has 0 unspecified atom stereocenters. The fourth-order valence-corrected chi connectivity index (χ4v) is 3.37. The van der Waals surface area contributed by atoms with Crippen molar-refractivity contribution in [3.63, 3.8) is 0 Å². The smallest absolute Gasteiger partial charge is 0.322 e. The van der Waals surface area contributed by atoms with Gasteiger partial charge in [-0.1, -0.05) is 35.3 Å². The van der Waals surface area contributed by atoms with E-state index in [0.29, 0.717) is 21.5 Å². The van der Waals surface area contributed by atoms with Crippen molar-refractivity contribution in [2.24, 2.45) is 0 Å². The maximum Gasteiger partial charge on any atom is 0.322 e. The molecule has 0 bridgehead atoms. The van der Waals surface area contributed by atoms with Gasteiger partial charge in [0.25, 0.3) is 0 Å². The number of amides is 2. The van der Waals surface area contributed by atoms with Gasteiger partial charge in [0.15, 0.2) is 0 Å². The molecule has 0 atom stereocenters. The first kappa shape index (κ1) is 22.0. The number of halogens is 2. The van der Waals surface area contributed by atoms with Gasteiger partial charge in [0.2, 0.25) is 0 Å². The molecule has 0 saturated heterocycles. The lowest BCUT2D eigenvalue weighted by atomic mass is 10.2. The van der Waals surface area contributed by atoms with Crippen molar-refractivity contribution >= 4 is 45.0 Å². The van der Waals surface area contributed by atoms with E-state index in [-0.39, 0.29) is 24.9 Å². The van der Waals surface area contributed by atoms with E-state index in [1.165, 1.54) is 23.3 Å². The predicted octanol–water partition coefficient (Wildman–Crippen LogP) is 5.16. The van der Waals surface area contributed by atoms with Crippen LogP contribution in [0.25, 0.3) is 0 Å². The third-order valence-corrected chi connectivity index (χ3v) is 5.16. The Labute approximate surface area is 184 Å². The number of nitrogens with zero attached hydrogens (tertiary/aromatic N) is 1. The van der Waals surface area contributed by atoms with Crippen molar-refractivity contribution in [3.8, 4) is 5.75 Å². The molecule has 2 aromatic carbocycles. The van der Waals surface area contributed by atoms with Gasteiger partial charge in [-0.25, -0.2) is 4.79 Å². The summed E-state index contributed by atoms with van der Waals surface area (Å²) in [7, 11) is -3.61. The molecule has 0 aliphatic carbocycles. The average Bonchev–Trinajstić information content (AvgIpc) is 3.18. The van der Waals surface area contributed by atoms with E-state index in [1.54, 1.807) is 42.5 Å². The molecule has 1 heterocycles. The van der Waals surface area contributed by atoms with Crippen LogP contribution in [0.1, 0.15) is 11.3 Å². The number of urea groups is 1. The number of furan rings is 1. The van der Waals surface area contributed by atoms with E-state index in [9.17, 15) is 13.2 Å². The summed E-state index contributed by atoms with van der Waals surface area (Å²) in [6, 6.07) is 14.3. The number of benzene rings is 2. The number of carbonyl (C=O) groups excluding carboxylic acids is 1. The molecular weight excluding hydrogens is 451 g/mol. The normalized spacial score (nSPS) is 11.2. The number of anilines is 1. The van der Waals surface area contributed by atoms with E-state index < -0.39 is 10.1 Å². The van der Waals surface area contributed by atoms with Gasteiger partial charge in [-0.05, 0) is 48.0 Å². The SMILES string of the molecule is CS(=O)(=O)Oc1ccc(CN(Cc2ccco2)C(=O)Nc2ccc(Cl)c(Cl)c2)cc1. The molecule has 2 amide bonds. The zero-order valence-corrected chi connectivity index (χ0v) is 18.2. The van der Waals surface area contributed by atoms with Gasteiger partial charge in [0.1, 0.15) is 11.5 Å². The van der Waals surface area contributed by atoms with Crippen molar-refractivity contribution in [2.45, 2.75) is 13.1 Å². The Morgan fingerprint density at radius 1 is 1.07 bits per heavy atom. The minimum absolute atomic E-state index is 0.194. The second-order valence-corrected chi connectivity index (χ2v) is 8.82. The van der Waals surface area contributed by atoms with Crippen LogP contribution in [0.15, 0.2) is 65.3 Å². The Hall–Kier alpha value is -2.68. The number of hydrogen-bond acceptors (Lipinski definition) is 5. The summed E-state index contributed by atoms with van der Waals surface area (Å²) in [5.41, 5.74) is 1.27. The summed E-state index contributed by atoms with van der Waals surface area (Å²) in [6.45, 7) is 0.467. The Morgan fingerprint density at radius 3 is 2.40 bits per heavy atom. The minimum Gasteiger partial charge on any atom is -0.467 e. The van der Waals surface area contributed by atoms with Crippen molar-refractivity contribution < 1.29 is 21.8 Å². The lowest BCUT2D eigenvalue weighted by Crippen LogP contribution is -2.34. The molecule has 0 fully saturated rings. The van der Waals surface area contributed by atoms with Crippen LogP contribution in [0.4, 0.5) is 10.5 Å². The Bertz CT molecular complexity index is 1120. The summed E-state index contributed by atoms with van der Waals surface area (Å²) < 4.78 is 32.7. The maximum atomic E-state index is 12.9. The Balaban J connectivity index is 1.76. The summed E-state index contributed by atoms with van der Waals surface area (Å²) >= 11 is 11.9. The molecule has 7 nitrogen and oxygen atoms in total. The van der Waals surface area contributed by atoms with E-state index in [4.69, 9.17) is 31.8 Å². The molecule has 158 valence electrons. The van der Waals surface area contributed by atoms with Gasteiger partial charge in [-0.2, -0.15) is 8.42 Å². The molecule has 10 heteroatoms. The summed E-state index contributed by atoms with van der Waals surface area (Å²) in [6.07, 6.45) is 2.50. The van der Waals surface area contributed by atoms with Crippen LogP contribution in [0.2, 0.25) is 10.0 Å². The van der Waals surface area contributed by atoms with E-state index >= 15 is 0 Å².